The smallest absolute Gasteiger partial charge is 0.125 e. The monoisotopic (exact) mass is 355 g/mol. The van der Waals surface area contributed by atoms with Gasteiger partial charge in [-0.1, -0.05) is 0 Å². The predicted molar refractivity (Wildman–Crippen MR) is 105 cm³/mol. The van der Waals surface area contributed by atoms with Crippen molar-refractivity contribution in [2.75, 3.05) is 12.8 Å². The van der Waals surface area contributed by atoms with Crippen LogP contribution in [0.2, 0.25) is 0 Å². The van der Waals surface area contributed by atoms with Gasteiger partial charge in [-0.2, -0.15) is 0 Å². The molecule has 0 spiro atoms. The first-order valence-electron chi connectivity index (χ1n) is 7.95. The summed E-state index contributed by atoms with van der Waals surface area (Å²) in [5.74, 6) is 0.584. The van der Waals surface area contributed by atoms with E-state index >= 15 is 0 Å². The quantitative estimate of drug-likeness (QED) is 0.604. The van der Waals surface area contributed by atoms with Crippen molar-refractivity contribution in [3.8, 4) is 5.75 Å². The lowest BCUT2D eigenvalue weighted by Gasteiger charge is -2.14. The third-order valence-electron chi connectivity index (χ3n) is 4.22. The minimum Gasteiger partial charge on any atom is -0.496 e. The number of methoxy groups -OCH3 is 1. The topological polar surface area (TPSA) is 75.7 Å². The number of anilines is 1. The van der Waals surface area contributed by atoms with Crippen LogP contribution in [-0.4, -0.2) is 17.3 Å². The second-order valence-electron chi connectivity index (χ2n) is 5.91. The van der Waals surface area contributed by atoms with Gasteiger partial charge in [-0.15, -0.1) is 11.3 Å². The highest BCUT2D eigenvalue weighted by Gasteiger charge is 2.11. The van der Waals surface area contributed by atoms with E-state index in [0.29, 0.717) is 16.9 Å². The standard InChI is InChI=1S/C20H21NO3S/c1-12(5-17-8-14-7-16(21)3-4-20(14)25-17)13-6-15(10-22)18(11-23)19(9-13)24-2/h3-9,22-23H,10-11,21H2,1-2H3/b12-5-. The van der Waals surface area contributed by atoms with Gasteiger partial charge in [0.1, 0.15) is 5.75 Å². The highest BCUT2D eigenvalue weighted by Crippen LogP contribution is 2.32. The number of benzene rings is 2. The molecule has 0 radical (unpaired) electrons. The number of allylic oxidation sites excluding steroid dienone is 1. The lowest BCUT2D eigenvalue weighted by Crippen LogP contribution is -2.00. The molecule has 0 aliphatic carbocycles. The molecule has 1 aromatic heterocycles. The Morgan fingerprint density at radius 3 is 2.64 bits per heavy atom. The van der Waals surface area contributed by atoms with Crippen LogP contribution in [0.3, 0.4) is 0 Å². The molecule has 25 heavy (non-hydrogen) atoms. The molecule has 0 bridgehead atoms. The van der Waals surface area contributed by atoms with Crippen molar-refractivity contribution in [1.82, 2.24) is 0 Å². The van der Waals surface area contributed by atoms with Crippen molar-refractivity contribution in [3.63, 3.8) is 0 Å². The van der Waals surface area contributed by atoms with Crippen molar-refractivity contribution in [3.05, 3.63) is 58.0 Å². The van der Waals surface area contributed by atoms with Gasteiger partial charge in [0.15, 0.2) is 0 Å². The van der Waals surface area contributed by atoms with Crippen molar-refractivity contribution in [2.24, 2.45) is 0 Å². The molecule has 3 rings (SSSR count). The third kappa shape index (κ3) is 3.54. The minimum absolute atomic E-state index is 0.143. The van der Waals surface area contributed by atoms with Crippen LogP contribution >= 0.6 is 11.3 Å². The van der Waals surface area contributed by atoms with Crippen LogP contribution in [0.15, 0.2) is 36.4 Å². The molecule has 0 fully saturated rings. The van der Waals surface area contributed by atoms with Crippen molar-refractivity contribution in [1.29, 1.82) is 0 Å². The van der Waals surface area contributed by atoms with Crippen LogP contribution in [0, 0.1) is 0 Å². The minimum atomic E-state index is -0.167. The lowest BCUT2D eigenvalue weighted by molar-refractivity contribution is 0.254. The van der Waals surface area contributed by atoms with Crippen LogP contribution in [-0.2, 0) is 13.2 Å². The number of fused-ring (bicyclic) bond motifs is 1. The summed E-state index contributed by atoms with van der Waals surface area (Å²) in [6.45, 7) is 1.71. The molecule has 4 nitrogen and oxygen atoms in total. The number of aliphatic hydroxyl groups excluding tert-OH is 2. The van der Waals surface area contributed by atoms with E-state index in [9.17, 15) is 10.2 Å². The van der Waals surface area contributed by atoms with Gasteiger partial charge in [0.25, 0.3) is 0 Å². The number of rotatable bonds is 5. The van der Waals surface area contributed by atoms with E-state index < -0.39 is 0 Å². The van der Waals surface area contributed by atoms with E-state index in [2.05, 4.69) is 12.1 Å². The Balaban J connectivity index is 2.03. The Kier molecular flexibility index (Phi) is 5.08. The molecule has 0 unspecified atom stereocenters. The number of nitrogen functional groups attached to an aromatic ring is 1. The number of nitrogens with two attached hydrogens (primary N) is 1. The largest absolute Gasteiger partial charge is 0.496 e. The molecule has 0 atom stereocenters. The summed E-state index contributed by atoms with van der Waals surface area (Å²) in [7, 11) is 1.56. The Morgan fingerprint density at radius 2 is 1.96 bits per heavy atom. The summed E-state index contributed by atoms with van der Waals surface area (Å²) in [6.07, 6.45) is 2.11. The van der Waals surface area contributed by atoms with E-state index in [-0.39, 0.29) is 13.2 Å². The zero-order valence-corrected chi connectivity index (χ0v) is 15.1. The van der Waals surface area contributed by atoms with Crippen LogP contribution in [0.4, 0.5) is 5.69 Å². The molecule has 2 aromatic carbocycles. The van der Waals surface area contributed by atoms with Gasteiger partial charge in [-0.3, -0.25) is 0 Å². The molecule has 0 amide bonds. The average Bonchev–Trinajstić information content (AvgIpc) is 3.01. The fourth-order valence-electron chi connectivity index (χ4n) is 2.88. The molecule has 4 N–H and O–H groups in total. The Labute approximate surface area is 150 Å². The first-order valence-corrected chi connectivity index (χ1v) is 8.76. The maximum atomic E-state index is 9.59. The number of hydrogen-bond acceptors (Lipinski definition) is 5. The number of hydrogen-bond donors (Lipinski definition) is 3. The molecule has 0 saturated heterocycles. The second kappa shape index (κ2) is 7.27. The van der Waals surface area contributed by atoms with E-state index in [4.69, 9.17) is 10.5 Å². The maximum Gasteiger partial charge on any atom is 0.125 e. The zero-order valence-electron chi connectivity index (χ0n) is 14.2. The molecule has 5 heteroatoms. The highest BCUT2D eigenvalue weighted by atomic mass is 32.1. The van der Waals surface area contributed by atoms with Crippen molar-refractivity contribution < 1.29 is 14.9 Å². The van der Waals surface area contributed by atoms with Gasteiger partial charge in [0, 0.05) is 20.8 Å². The van der Waals surface area contributed by atoms with E-state index in [1.54, 1.807) is 18.4 Å². The normalized spacial score (nSPS) is 11.9. The number of ether oxygens (including phenoxy) is 1. The molecule has 0 aliphatic heterocycles. The SMILES string of the molecule is COc1cc(/C(C)=C\c2cc3cc(N)ccc3s2)cc(CO)c1CO. The molecule has 0 saturated carbocycles. The summed E-state index contributed by atoms with van der Waals surface area (Å²) in [6, 6.07) is 11.8. The Hall–Kier alpha value is -2.34. The van der Waals surface area contributed by atoms with E-state index in [0.717, 1.165) is 27.1 Å². The summed E-state index contributed by atoms with van der Waals surface area (Å²) in [5.41, 5.74) is 9.91. The average molecular weight is 355 g/mol. The van der Waals surface area contributed by atoms with Crippen molar-refractivity contribution >= 4 is 38.8 Å². The van der Waals surface area contributed by atoms with Gasteiger partial charge < -0.3 is 20.7 Å². The summed E-state index contributed by atoms with van der Waals surface area (Å²) >= 11 is 1.70. The van der Waals surface area contributed by atoms with Crippen molar-refractivity contribution in [2.45, 2.75) is 20.1 Å². The summed E-state index contributed by atoms with van der Waals surface area (Å²) in [4.78, 5) is 1.13. The van der Waals surface area contributed by atoms with Gasteiger partial charge in [-0.25, -0.2) is 0 Å². The first-order chi connectivity index (χ1) is 12.0. The van der Waals surface area contributed by atoms with Crippen LogP contribution in [0.25, 0.3) is 21.7 Å². The molecule has 130 valence electrons. The van der Waals surface area contributed by atoms with Crippen LogP contribution in [0.1, 0.15) is 28.5 Å². The Morgan fingerprint density at radius 1 is 1.16 bits per heavy atom. The van der Waals surface area contributed by atoms with Gasteiger partial charge in [0.2, 0.25) is 0 Å². The molecular formula is C20H21NO3S. The molecule has 1 heterocycles. The Bertz CT molecular complexity index is 918. The fraction of sp³-hybridized carbons (Fsp3) is 0.200. The second-order valence-corrected chi connectivity index (χ2v) is 7.02. The van der Waals surface area contributed by atoms with Crippen LogP contribution < -0.4 is 10.5 Å². The highest BCUT2D eigenvalue weighted by molar-refractivity contribution is 7.19. The summed E-state index contributed by atoms with van der Waals surface area (Å²) < 4.78 is 6.56. The van der Waals surface area contributed by atoms with Gasteiger partial charge in [0.05, 0.1) is 20.3 Å². The maximum absolute atomic E-state index is 9.59. The third-order valence-corrected chi connectivity index (χ3v) is 5.29. The fourth-order valence-corrected chi connectivity index (χ4v) is 3.93. The van der Waals surface area contributed by atoms with E-state index in [1.165, 1.54) is 4.70 Å². The number of thiophene rings is 1. The van der Waals surface area contributed by atoms with E-state index in [1.807, 2.05) is 37.3 Å². The first kappa shape index (κ1) is 17.5. The molecule has 0 aliphatic rings. The zero-order chi connectivity index (χ0) is 18.0. The summed E-state index contributed by atoms with van der Waals surface area (Å²) in [5, 5.41) is 20.2. The van der Waals surface area contributed by atoms with Crippen LogP contribution in [0.5, 0.6) is 5.75 Å². The number of aliphatic hydroxyl groups is 2. The predicted octanol–water partition coefficient (Wildman–Crippen LogP) is 4.04. The molecular weight excluding hydrogens is 334 g/mol. The van der Waals surface area contributed by atoms with Gasteiger partial charge in [-0.05, 0) is 71.5 Å². The van der Waals surface area contributed by atoms with Gasteiger partial charge >= 0.3 is 0 Å². The molecule has 3 aromatic rings. The lowest BCUT2D eigenvalue weighted by atomic mass is 9.99.